The summed E-state index contributed by atoms with van der Waals surface area (Å²) < 4.78 is 25.7. The van der Waals surface area contributed by atoms with Gasteiger partial charge in [0, 0.05) is 6.61 Å². The minimum Gasteiger partial charge on any atom is -0.756 e. The van der Waals surface area contributed by atoms with E-state index >= 15 is 0 Å². The molecule has 0 amide bonds. The molecule has 2 unspecified atom stereocenters. The summed E-state index contributed by atoms with van der Waals surface area (Å²) in [6.45, 7) is 1.81. The van der Waals surface area contributed by atoms with Crippen LogP contribution in [0.1, 0.15) is 84.0 Å². The molecule has 0 aliphatic carbocycles. The van der Waals surface area contributed by atoms with Crippen molar-refractivity contribution in [3.8, 4) is 0 Å². The van der Waals surface area contributed by atoms with Gasteiger partial charge in [0.2, 0.25) is 0 Å². The van der Waals surface area contributed by atoms with Crippen LogP contribution in [0.2, 0.25) is 0 Å². The van der Waals surface area contributed by atoms with Crippen molar-refractivity contribution in [2.45, 2.75) is 90.1 Å². The topological polar surface area (TPSA) is 108 Å². The molecule has 0 saturated carbocycles. The first-order valence-electron chi connectivity index (χ1n) is 10.5. The average Bonchev–Trinajstić information content (AvgIpc) is 2.65. The number of rotatable bonds is 21. The van der Waals surface area contributed by atoms with Gasteiger partial charge in [0.25, 0.3) is 7.82 Å². The van der Waals surface area contributed by atoms with Gasteiger partial charge in [-0.25, -0.2) is 0 Å². The Kier molecular flexibility index (Phi) is 19.3. The molecule has 0 fully saturated rings. The van der Waals surface area contributed by atoms with E-state index in [1.165, 1.54) is 64.2 Å². The molecule has 0 spiro atoms. The Balaban J connectivity index is 3.25. The lowest BCUT2D eigenvalue weighted by atomic mass is 10.1. The van der Waals surface area contributed by atoms with Crippen LogP contribution >= 0.6 is 7.82 Å². The monoisotopic (exact) mass is 411 g/mol. The van der Waals surface area contributed by atoms with E-state index in [9.17, 15) is 9.46 Å². The van der Waals surface area contributed by atoms with Crippen LogP contribution < -0.4 is 4.89 Å². The summed E-state index contributed by atoms with van der Waals surface area (Å²) in [6.07, 6.45) is 14.2. The Labute approximate surface area is 165 Å². The molecule has 0 bridgehead atoms. The van der Waals surface area contributed by atoms with Crippen LogP contribution in [0, 0.1) is 0 Å². The van der Waals surface area contributed by atoms with Crippen LogP contribution in [0.3, 0.4) is 0 Å². The molecule has 0 aromatic rings. The largest absolute Gasteiger partial charge is 0.756 e. The highest BCUT2D eigenvalue weighted by Crippen LogP contribution is 2.37. The second-order valence-electron chi connectivity index (χ2n) is 6.91. The summed E-state index contributed by atoms with van der Waals surface area (Å²) in [4.78, 5) is 11.3. The maximum Gasteiger partial charge on any atom is 0.268 e. The number of unbranched alkanes of at least 4 members (excludes halogenated alkanes) is 11. The molecule has 0 aromatic heterocycles. The predicted molar refractivity (Wildman–Crippen MR) is 105 cm³/mol. The van der Waals surface area contributed by atoms with Gasteiger partial charge in [0.05, 0.1) is 26.4 Å². The molecule has 0 aliphatic rings. The van der Waals surface area contributed by atoms with E-state index in [-0.39, 0.29) is 13.2 Å². The van der Waals surface area contributed by atoms with Gasteiger partial charge < -0.3 is 28.9 Å². The number of phosphoric acid groups is 1. The lowest BCUT2D eigenvalue weighted by molar-refractivity contribution is -0.228. The molecular weight excluding hydrogens is 371 g/mol. The Morgan fingerprint density at radius 3 is 1.85 bits per heavy atom. The van der Waals surface area contributed by atoms with Gasteiger partial charge in [0.1, 0.15) is 6.10 Å². The van der Waals surface area contributed by atoms with Gasteiger partial charge in [-0.1, -0.05) is 77.6 Å². The molecule has 0 aliphatic heterocycles. The zero-order chi connectivity index (χ0) is 20.2. The standard InChI is InChI=1S/C19H41O7P/c1-2-3-4-5-6-7-8-9-10-11-12-13-14-24-15-16-25-27(22,23)26-18-19(21)17-20/h19-21H,2-18H2,1H3,(H,22,23)/p-1. The van der Waals surface area contributed by atoms with Crippen LogP contribution in [0.25, 0.3) is 0 Å². The number of hydrogen-bond donors (Lipinski definition) is 2. The van der Waals surface area contributed by atoms with Crippen molar-refractivity contribution in [3.05, 3.63) is 0 Å². The average molecular weight is 411 g/mol. The van der Waals surface area contributed by atoms with Crippen LogP contribution in [0.5, 0.6) is 0 Å². The number of aliphatic hydroxyl groups is 2. The van der Waals surface area contributed by atoms with Gasteiger partial charge >= 0.3 is 0 Å². The highest BCUT2D eigenvalue weighted by Gasteiger charge is 2.12. The van der Waals surface area contributed by atoms with Gasteiger partial charge in [-0.3, -0.25) is 4.57 Å². The Morgan fingerprint density at radius 1 is 0.815 bits per heavy atom. The number of ether oxygens (including phenoxy) is 1. The first kappa shape index (κ1) is 27.0. The Hall–Kier alpha value is -0.0100. The number of aliphatic hydroxyl groups excluding tert-OH is 2. The van der Waals surface area contributed by atoms with Crippen molar-refractivity contribution < 1.29 is 33.5 Å². The van der Waals surface area contributed by atoms with Gasteiger partial charge in [0.15, 0.2) is 0 Å². The van der Waals surface area contributed by atoms with Crippen LogP contribution in [-0.2, 0) is 18.3 Å². The van der Waals surface area contributed by atoms with Crippen LogP contribution in [0.15, 0.2) is 0 Å². The van der Waals surface area contributed by atoms with E-state index in [0.29, 0.717) is 6.61 Å². The third-order valence-electron chi connectivity index (χ3n) is 4.26. The molecule has 0 aromatic carbocycles. The summed E-state index contributed by atoms with van der Waals surface area (Å²) >= 11 is 0. The summed E-state index contributed by atoms with van der Waals surface area (Å²) in [6, 6.07) is 0. The molecule has 0 rings (SSSR count). The third-order valence-corrected chi connectivity index (χ3v) is 5.22. The van der Waals surface area contributed by atoms with E-state index in [2.05, 4.69) is 16.0 Å². The maximum absolute atomic E-state index is 11.3. The highest BCUT2D eigenvalue weighted by atomic mass is 31.2. The van der Waals surface area contributed by atoms with Crippen LogP contribution in [-0.4, -0.2) is 49.4 Å². The lowest BCUT2D eigenvalue weighted by Crippen LogP contribution is -2.21. The summed E-state index contributed by atoms with van der Waals surface area (Å²) in [5, 5.41) is 17.6. The molecule has 164 valence electrons. The second kappa shape index (κ2) is 19.3. The van der Waals surface area contributed by atoms with Crippen molar-refractivity contribution in [1.82, 2.24) is 0 Å². The summed E-state index contributed by atoms with van der Waals surface area (Å²) in [5.41, 5.74) is 0. The zero-order valence-electron chi connectivity index (χ0n) is 17.0. The van der Waals surface area contributed by atoms with Crippen molar-refractivity contribution >= 4 is 7.82 Å². The van der Waals surface area contributed by atoms with Crippen molar-refractivity contribution in [1.29, 1.82) is 0 Å². The normalized spacial score (nSPS) is 15.0. The zero-order valence-corrected chi connectivity index (χ0v) is 17.9. The molecule has 2 N–H and O–H groups in total. The van der Waals surface area contributed by atoms with Gasteiger partial charge in [-0.2, -0.15) is 0 Å². The van der Waals surface area contributed by atoms with E-state index in [1.807, 2.05) is 0 Å². The highest BCUT2D eigenvalue weighted by molar-refractivity contribution is 7.45. The maximum atomic E-state index is 11.3. The summed E-state index contributed by atoms with van der Waals surface area (Å²) in [7, 11) is -4.45. The van der Waals surface area contributed by atoms with Crippen molar-refractivity contribution in [3.63, 3.8) is 0 Å². The predicted octanol–water partition coefficient (Wildman–Crippen LogP) is 3.56. The molecular formula is C19H40O7P-. The first-order valence-corrected chi connectivity index (χ1v) is 11.9. The molecule has 0 radical (unpaired) electrons. The molecule has 2 atom stereocenters. The van der Waals surface area contributed by atoms with E-state index in [0.717, 1.165) is 12.8 Å². The van der Waals surface area contributed by atoms with Crippen molar-refractivity contribution in [2.24, 2.45) is 0 Å². The van der Waals surface area contributed by atoms with Crippen molar-refractivity contribution in [2.75, 3.05) is 33.0 Å². The molecule has 27 heavy (non-hydrogen) atoms. The molecule has 8 heteroatoms. The van der Waals surface area contributed by atoms with E-state index < -0.39 is 27.1 Å². The fraction of sp³-hybridized carbons (Fsp3) is 1.00. The quantitative estimate of drug-likeness (QED) is 0.220. The third kappa shape index (κ3) is 20.5. The fourth-order valence-corrected chi connectivity index (χ4v) is 3.35. The number of phosphoric ester groups is 1. The summed E-state index contributed by atoms with van der Waals surface area (Å²) in [5.74, 6) is 0. The lowest BCUT2D eigenvalue weighted by Gasteiger charge is -2.23. The van der Waals surface area contributed by atoms with Gasteiger partial charge in [-0.15, -0.1) is 0 Å². The van der Waals surface area contributed by atoms with Crippen LogP contribution in [0.4, 0.5) is 0 Å². The Morgan fingerprint density at radius 2 is 1.33 bits per heavy atom. The minimum atomic E-state index is -4.45. The fourth-order valence-electron chi connectivity index (χ4n) is 2.62. The molecule has 0 heterocycles. The van der Waals surface area contributed by atoms with E-state index in [1.54, 1.807) is 0 Å². The number of hydrogen-bond acceptors (Lipinski definition) is 7. The van der Waals surface area contributed by atoms with E-state index in [4.69, 9.17) is 14.9 Å². The van der Waals surface area contributed by atoms with Gasteiger partial charge in [-0.05, 0) is 6.42 Å². The SMILES string of the molecule is CCCCCCCCCCCCCCOCCOP(=O)([O-])OCC(O)CO. The second-order valence-corrected chi connectivity index (χ2v) is 8.32. The minimum absolute atomic E-state index is 0.117. The molecule has 0 saturated heterocycles. The molecule has 7 nitrogen and oxygen atoms in total. The smallest absolute Gasteiger partial charge is 0.268 e. The first-order chi connectivity index (χ1) is 13.0. The Bertz CT molecular complexity index is 355.